The Morgan fingerprint density at radius 3 is 1.51 bits per heavy atom. The summed E-state index contributed by atoms with van der Waals surface area (Å²) in [4.78, 5) is 82.0. The number of aromatic nitrogens is 10. The fourth-order valence-electron chi connectivity index (χ4n) is 12.0. The van der Waals surface area contributed by atoms with E-state index < -0.39 is 15.7 Å². The first kappa shape index (κ1) is 74.1. The zero-order chi connectivity index (χ0) is 70.3. The second-order valence-electron chi connectivity index (χ2n) is 25.0. The number of aromatic amines is 4. The molecule has 0 amide bonds. The van der Waals surface area contributed by atoms with Gasteiger partial charge in [-0.2, -0.15) is 15.5 Å². The van der Waals surface area contributed by atoms with Gasteiger partial charge in [-0.3, -0.25) is 43.2 Å². The van der Waals surface area contributed by atoms with Crippen LogP contribution in [0, 0.1) is 42.9 Å². The van der Waals surface area contributed by atoms with Gasteiger partial charge < -0.3 is 45.7 Å². The van der Waals surface area contributed by atoms with Crippen molar-refractivity contribution in [1.82, 2.24) is 63.7 Å². The van der Waals surface area contributed by atoms with Crippen LogP contribution in [0.3, 0.4) is 0 Å². The zero-order valence-electron chi connectivity index (χ0n) is 56.8. The summed E-state index contributed by atoms with van der Waals surface area (Å²) < 4.78 is 14.9. The molecule has 2 aliphatic rings. The predicted molar refractivity (Wildman–Crippen MR) is 394 cm³/mol. The number of nitriles is 2. The summed E-state index contributed by atoms with van der Waals surface area (Å²) in [5.74, 6) is 0.424. The lowest BCUT2D eigenvalue weighted by molar-refractivity contribution is -0.384. The molecule has 8 heterocycles. The number of nitrogens with zero attached hydrogens (tertiary/aromatic N) is 13. The van der Waals surface area contributed by atoms with Crippen molar-refractivity contribution < 1.29 is 14.1 Å². The van der Waals surface area contributed by atoms with E-state index in [-0.39, 0.29) is 68.2 Å². The van der Waals surface area contributed by atoms with E-state index in [4.69, 9.17) is 16.0 Å². The summed E-state index contributed by atoms with van der Waals surface area (Å²) in [6.45, 7) is 6.88. The van der Waals surface area contributed by atoms with Crippen molar-refractivity contribution >= 4 is 118 Å². The second-order valence-corrected chi connectivity index (χ2v) is 26.2. The summed E-state index contributed by atoms with van der Waals surface area (Å²) >= 11 is 0. The number of hydrogen-bond donors (Lipinski definition) is 6. The van der Waals surface area contributed by atoms with Crippen LogP contribution in [0.15, 0.2) is 143 Å². The topological polar surface area (TPSA) is 357 Å². The van der Waals surface area contributed by atoms with Crippen molar-refractivity contribution in [3.63, 3.8) is 0 Å². The Bertz CT molecular complexity index is 5060. The highest BCUT2D eigenvalue weighted by atomic mass is 35.5. The van der Waals surface area contributed by atoms with Crippen molar-refractivity contribution in [3.8, 4) is 12.1 Å². The summed E-state index contributed by atoms with van der Waals surface area (Å²) in [7, 11) is 10.9. The van der Waals surface area contributed by atoms with Crippen LogP contribution in [0.4, 0.5) is 28.7 Å². The molecule has 7 N–H and O–H groups in total. The molecule has 4 aromatic carbocycles. The maximum absolute atomic E-state index is 12.9. The summed E-state index contributed by atoms with van der Waals surface area (Å²) in [5, 5.41) is 48.8. The standard InChI is InChI=1S/C24H25N7O.C14H14N4O2S.C11H13N3O2.C11H15N3.C8H6N2O2.C3H8.ClH/c1-30(2)14-17-13-26-21-10-18(7-8-20(17)21)28-24-27-12-16-9-15(11-25)23(32)31(22(16)29-24)19-5-3-4-6-19;1-21(20)14-16-8-10-6-9(7-15)13(19)18(12(10)17-14)11-4-2-3-5-11;1-13(2)7-8-6-12-11-5-9(14(15)16)3-4-10(8)11;1-14(2)7-8-6-13-11-5-9(12)3-4-10(8)11;11-10(12)7-2-1-6-3-4-9-8(6)5-7;1-3-2;/h7-10,12-13,19,26H,3-6,14H2,1-2H3,(H,27,28,29);6,8,11H,2-5H2,1H3;3-6,12H,7H2,1-2H3;3-6,13H,7,12H2,1-2H3;1-5,9H;3H2,1-2H3;1H. The number of halogens is 1. The van der Waals surface area contributed by atoms with Gasteiger partial charge in [-0.05, 0) is 145 Å². The maximum Gasteiger partial charge on any atom is 0.271 e. The van der Waals surface area contributed by atoms with Crippen molar-refractivity contribution in [1.29, 1.82) is 10.5 Å². The van der Waals surface area contributed by atoms with Crippen LogP contribution in [-0.4, -0.2) is 126 Å². The summed E-state index contributed by atoms with van der Waals surface area (Å²) in [6, 6.07) is 30.8. The Morgan fingerprint density at radius 2 is 1.03 bits per heavy atom. The minimum atomic E-state index is -1.31. The van der Waals surface area contributed by atoms with Crippen LogP contribution in [0.25, 0.3) is 65.7 Å². The van der Waals surface area contributed by atoms with E-state index in [2.05, 4.69) is 109 Å². The van der Waals surface area contributed by atoms with E-state index >= 15 is 0 Å². The number of hydrogen-bond acceptors (Lipinski definition) is 18. The number of non-ortho nitro benzene ring substituents is 2. The molecule has 99 heavy (non-hydrogen) atoms. The quantitative estimate of drug-likeness (QED) is 0.0270. The number of nitrogen functional groups attached to an aromatic ring is 1. The first-order chi connectivity index (χ1) is 47.1. The van der Waals surface area contributed by atoms with Crippen LogP contribution in [0.5, 0.6) is 0 Å². The average molecular weight is 1380 g/mol. The van der Waals surface area contributed by atoms with Gasteiger partial charge in [-0.15, -0.1) is 12.4 Å². The number of nitro groups is 2. The van der Waals surface area contributed by atoms with Crippen molar-refractivity contribution in [2.45, 2.75) is 109 Å². The van der Waals surface area contributed by atoms with Gasteiger partial charge in [0, 0.05) is 149 Å². The van der Waals surface area contributed by atoms with Gasteiger partial charge >= 0.3 is 0 Å². The Balaban J connectivity index is 0.000000163. The van der Waals surface area contributed by atoms with Crippen LogP contribution in [-0.2, 0) is 30.4 Å². The number of fused-ring (bicyclic) bond motifs is 6. The van der Waals surface area contributed by atoms with E-state index in [1.54, 1.807) is 45.8 Å². The molecule has 2 aliphatic carbocycles. The molecule has 14 rings (SSSR count). The Labute approximate surface area is 580 Å². The number of H-pyrrole nitrogens is 4. The van der Waals surface area contributed by atoms with Gasteiger partial charge in [0.1, 0.15) is 34.6 Å². The summed E-state index contributed by atoms with van der Waals surface area (Å²) in [6.07, 6.45) is 21.6. The van der Waals surface area contributed by atoms with Gasteiger partial charge in [0.25, 0.3) is 22.5 Å². The van der Waals surface area contributed by atoms with Gasteiger partial charge in [0.05, 0.1) is 31.7 Å². The molecular weight excluding hydrogens is 1300 g/mol. The molecular formula is C71H82ClN19O7S. The maximum atomic E-state index is 12.9. The average Bonchev–Trinajstić information content (AvgIpc) is 1.40. The smallest absolute Gasteiger partial charge is 0.271 e. The molecule has 0 saturated heterocycles. The van der Waals surface area contributed by atoms with Crippen LogP contribution in [0.1, 0.15) is 112 Å². The Morgan fingerprint density at radius 1 is 0.596 bits per heavy atom. The number of rotatable bonds is 13. The van der Waals surface area contributed by atoms with E-state index in [0.29, 0.717) is 28.0 Å². The number of pyridine rings is 2. The van der Waals surface area contributed by atoms with Gasteiger partial charge in [0.15, 0.2) is 0 Å². The molecule has 26 nitrogen and oxygen atoms in total. The molecule has 1 unspecified atom stereocenters. The van der Waals surface area contributed by atoms with Crippen LogP contribution < -0.4 is 22.2 Å². The lowest BCUT2D eigenvalue weighted by atomic mass is 10.1. The van der Waals surface area contributed by atoms with Crippen molar-refractivity contribution in [3.05, 3.63) is 197 Å². The number of anilines is 3. The van der Waals surface area contributed by atoms with Crippen LogP contribution >= 0.6 is 12.4 Å². The van der Waals surface area contributed by atoms with Gasteiger partial charge in [0.2, 0.25) is 11.1 Å². The molecule has 12 aromatic rings. The Kier molecular flexibility index (Phi) is 25.5. The van der Waals surface area contributed by atoms with E-state index in [9.17, 15) is 39.3 Å². The third-order valence-electron chi connectivity index (χ3n) is 16.4. The van der Waals surface area contributed by atoms with Crippen molar-refractivity contribution in [2.75, 3.05) is 59.6 Å². The van der Waals surface area contributed by atoms with E-state index in [1.807, 2.05) is 75.2 Å². The molecule has 2 saturated carbocycles. The minimum absolute atomic E-state index is 0. The molecule has 0 radical (unpaired) electrons. The highest BCUT2D eigenvalue weighted by molar-refractivity contribution is 7.84. The minimum Gasteiger partial charge on any atom is -0.399 e. The third-order valence-corrected chi connectivity index (χ3v) is 17.1. The first-order valence-electron chi connectivity index (χ1n) is 32.2. The Hall–Kier alpha value is -10.7. The molecule has 0 bridgehead atoms. The predicted octanol–water partition coefficient (Wildman–Crippen LogP) is 13.4. The van der Waals surface area contributed by atoms with Gasteiger partial charge in [-0.25, -0.2) is 15.0 Å². The number of nitro benzene ring substituents is 2. The SMILES string of the molecule is CCC.CN(C)Cc1c[nH]c2cc(N)ccc12.CN(C)Cc1c[nH]c2cc(Nc3ncc4cc(C#N)c(=O)n(C5CCCC5)c4n3)ccc12.CN(C)Cc1c[nH]c2cc([N+](=O)[O-])ccc12.CS(=O)c1ncc2cc(C#N)c(=O)n(C3CCCC3)c2n1.Cl.O=[N+]([O-])c1ccc2cc[nH]c2c1. The lowest BCUT2D eigenvalue weighted by Gasteiger charge is -2.17. The molecule has 8 aromatic heterocycles. The lowest BCUT2D eigenvalue weighted by Crippen LogP contribution is -2.27. The largest absolute Gasteiger partial charge is 0.399 e. The molecule has 0 spiro atoms. The normalized spacial score (nSPS) is 13.1. The third kappa shape index (κ3) is 18.3. The second kappa shape index (κ2) is 34.0. The first-order valence-corrected chi connectivity index (χ1v) is 33.7. The molecule has 1 atom stereocenters. The van der Waals surface area contributed by atoms with E-state index in [1.165, 1.54) is 65.0 Å². The van der Waals surface area contributed by atoms with Crippen molar-refractivity contribution in [2.24, 2.45) is 0 Å². The number of nitrogens with one attached hydrogen (secondary N) is 5. The summed E-state index contributed by atoms with van der Waals surface area (Å²) in [5.41, 5.74) is 15.8. The fraction of sp³-hybridized carbons (Fsp3) is 0.324. The molecule has 516 valence electrons. The highest BCUT2D eigenvalue weighted by Crippen LogP contribution is 2.33. The zero-order valence-corrected chi connectivity index (χ0v) is 58.5. The number of nitrogens with two attached hydrogens (primary N) is 1. The fourth-order valence-corrected chi connectivity index (χ4v) is 12.5. The van der Waals surface area contributed by atoms with Gasteiger partial charge in [-0.1, -0.05) is 58.1 Å². The monoisotopic (exact) mass is 1380 g/mol. The molecule has 28 heteroatoms. The highest BCUT2D eigenvalue weighted by Gasteiger charge is 2.25. The molecule has 2 fully saturated rings. The van der Waals surface area contributed by atoms with E-state index in [0.717, 1.165) is 121 Å². The number of benzene rings is 4. The molecule has 0 aliphatic heterocycles. The van der Waals surface area contributed by atoms with Crippen LogP contribution in [0.2, 0.25) is 0 Å².